The number of benzene rings is 9. The van der Waals surface area contributed by atoms with E-state index in [1.165, 1.54) is 5.39 Å². The third-order valence-electron chi connectivity index (χ3n) is 8.23. The molecule has 0 nitrogen and oxygen atoms in total. The van der Waals surface area contributed by atoms with E-state index in [9.17, 15) is 5.48 Å². The molecular weight excluding hydrogens is 480 g/mol. The molecule has 9 rings (SSSR count). The molecule has 40 heavy (non-hydrogen) atoms. The van der Waals surface area contributed by atoms with Gasteiger partial charge in [0.1, 0.15) is 0 Å². The van der Waals surface area contributed by atoms with Crippen LogP contribution in [-0.4, -0.2) is 0 Å². The van der Waals surface area contributed by atoms with Crippen LogP contribution in [0.25, 0.3) is 86.9 Å². The highest BCUT2D eigenvalue weighted by Crippen LogP contribution is 2.48. The molecule has 0 N–H and O–H groups in total. The van der Waals surface area contributed by atoms with Gasteiger partial charge in [0.25, 0.3) is 0 Å². The van der Waals surface area contributed by atoms with Gasteiger partial charge in [-0.15, -0.1) is 0 Å². The zero-order valence-electron chi connectivity index (χ0n) is 29.2. The number of rotatable bonds is 2. The lowest BCUT2D eigenvalue weighted by atomic mass is 9.83. The van der Waals surface area contributed by atoms with Crippen LogP contribution >= 0.6 is 0 Å². The van der Waals surface area contributed by atoms with Crippen molar-refractivity contribution in [3.05, 3.63) is 145 Å². The lowest BCUT2D eigenvalue weighted by Gasteiger charge is -2.20. The predicted octanol–water partition coefficient (Wildman–Crippen LogP) is 11.4. The molecule has 0 fully saturated rings. The van der Waals surface area contributed by atoms with Crippen LogP contribution in [0.1, 0.15) is 11.0 Å². The molecule has 0 spiro atoms. The van der Waals surface area contributed by atoms with E-state index in [2.05, 4.69) is 30.3 Å². The predicted molar refractivity (Wildman–Crippen MR) is 174 cm³/mol. The lowest BCUT2D eigenvalue weighted by Crippen LogP contribution is -1.93. The van der Waals surface area contributed by atoms with E-state index in [4.69, 9.17) is 5.48 Å². The maximum Gasteiger partial charge on any atom is 0.0629 e. The van der Waals surface area contributed by atoms with Gasteiger partial charge in [0, 0.05) is 0 Å². The Morgan fingerprint density at radius 1 is 0.350 bits per heavy atom. The Morgan fingerprint density at radius 3 is 1.48 bits per heavy atom. The summed E-state index contributed by atoms with van der Waals surface area (Å²) in [5.74, 6) is 0. The fourth-order valence-electron chi connectivity index (χ4n) is 6.65. The van der Waals surface area contributed by atoms with E-state index < -0.39 is 24.2 Å². The van der Waals surface area contributed by atoms with Gasteiger partial charge in [-0.1, -0.05) is 145 Å². The molecule has 0 aliphatic carbocycles. The van der Waals surface area contributed by atoms with Crippen LogP contribution in [-0.2, 0) is 0 Å². The number of hydrogen-bond donors (Lipinski definition) is 0. The number of fused-ring (bicyclic) bond motifs is 4. The summed E-state index contributed by atoms with van der Waals surface area (Å²) in [6.07, 6.45) is 0. The molecule has 0 radical (unpaired) electrons. The van der Waals surface area contributed by atoms with Gasteiger partial charge in [-0.2, -0.15) is 0 Å². The van der Waals surface area contributed by atoms with Crippen LogP contribution < -0.4 is 0 Å². The van der Waals surface area contributed by atoms with Gasteiger partial charge < -0.3 is 0 Å². The molecule has 0 aliphatic heterocycles. The highest BCUT2D eigenvalue weighted by atomic mass is 14.2. The Bertz CT molecular complexity index is 2730. The fourth-order valence-corrected chi connectivity index (χ4v) is 6.65. The van der Waals surface area contributed by atoms with Crippen LogP contribution in [0, 0.1) is 0 Å². The van der Waals surface area contributed by atoms with Gasteiger partial charge in [-0.3, -0.25) is 0 Å². The van der Waals surface area contributed by atoms with Crippen LogP contribution in [0.5, 0.6) is 0 Å². The molecular formula is C40H24. The van der Waals surface area contributed by atoms with Crippen molar-refractivity contribution < 1.29 is 11.0 Å². The molecule has 0 amide bonds. The molecule has 184 valence electrons. The van der Waals surface area contributed by atoms with Crippen LogP contribution in [0.3, 0.4) is 0 Å². The van der Waals surface area contributed by atoms with Crippen LogP contribution in [0.4, 0.5) is 0 Å². The maximum atomic E-state index is 9.30. The second-order valence-electron chi connectivity index (χ2n) is 10.2. The molecule has 0 atom stereocenters. The largest absolute Gasteiger partial charge is 0.0629 e. The first-order chi connectivity index (χ1) is 23.2. The van der Waals surface area contributed by atoms with Gasteiger partial charge in [0.05, 0.1) is 11.0 Å². The van der Waals surface area contributed by atoms with E-state index in [1.54, 1.807) is 12.1 Å². The van der Waals surface area contributed by atoms with Crippen molar-refractivity contribution in [3.8, 4) is 22.3 Å². The second-order valence-corrected chi connectivity index (χ2v) is 10.2. The lowest BCUT2D eigenvalue weighted by molar-refractivity contribution is 1.67. The van der Waals surface area contributed by atoms with Crippen molar-refractivity contribution in [3.63, 3.8) is 0 Å². The normalized spacial score (nSPS) is 14.8. The fraction of sp³-hybridized carbons (Fsp3) is 0. The van der Waals surface area contributed by atoms with Gasteiger partial charge in [0.2, 0.25) is 0 Å². The third-order valence-corrected chi connectivity index (χ3v) is 8.23. The molecule has 0 unspecified atom stereocenters. The summed E-state index contributed by atoms with van der Waals surface area (Å²) in [7, 11) is 0. The molecule has 0 saturated heterocycles. The monoisotopic (exact) mass is 512 g/mol. The minimum absolute atomic E-state index is 0.218. The van der Waals surface area contributed by atoms with Crippen molar-refractivity contribution in [2.75, 3.05) is 0 Å². The standard InChI is InChI=1S/C40H24/c1-2-11-25(12-3-1)37-27-15-4-6-17-31(27)39(32-18-7-5-16-28(32)37)36-24-23-35-30-20-9-14-26-13-8-19-29(38(26)30)33-21-10-22-34(36)40(33)35/h1-24H/i4D,5D,6D,7D,15D,16D,17D,18D. The SMILES string of the molecule is [2H]c1c([2H])c([2H])c2c(-c3ccc4c5cccc6cccc(c7cccc3c74)c65)c3c([2H])c([2H])c([2H])c([2H])c3c(-c3ccccc3)c2c1[2H]. The first-order valence-electron chi connectivity index (χ1n) is 17.3. The molecule has 9 aromatic carbocycles. The summed E-state index contributed by atoms with van der Waals surface area (Å²) in [5, 5.41) is 9.24. The summed E-state index contributed by atoms with van der Waals surface area (Å²) in [6.45, 7) is 0. The Morgan fingerprint density at radius 2 is 0.850 bits per heavy atom. The molecule has 0 bridgehead atoms. The Labute approximate surface area is 243 Å². The van der Waals surface area contributed by atoms with Gasteiger partial charge in [0.15, 0.2) is 0 Å². The first-order valence-corrected chi connectivity index (χ1v) is 13.3. The molecule has 0 aliphatic rings. The minimum atomic E-state index is -0.406. The quantitative estimate of drug-likeness (QED) is 0.160. The average molecular weight is 513 g/mol. The Hall–Kier alpha value is -5.20. The molecule has 9 aromatic rings. The summed E-state index contributed by atoms with van der Waals surface area (Å²) in [4.78, 5) is 0. The van der Waals surface area contributed by atoms with Crippen molar-refractivity contribution in [1.29, 1.82) is 0 Å². The summed E-state index contributed by atoms with van der Waals surface area (Å²) >= 11 is 0. The van der Waals surface area contributed by atoms with E-state index in [0.717, 1.165) is 37.7 Å². The van der Waals surface area contributed by atoms with Crippen molar-refractivity contribution >= 4 is 64.6 Å². The highest BCUT2D eigenvalue weighted by molar-refractivity contribution is 6.35. The van der Waals surface area contributed by atoms with Gasteiger partial charge in [-0.05, 0) is 86.9 Å². The molecule has 0 heterocycles. The van der Waals surface area contributed by atoms with E-state index in [1.807, 2.05) is 54.6 Å². The highest BCUT2D eigenvalue weighted by Gasteiger charge is 2.20. The Balaban J connectivity index is 1.60. The summed E-state index contributed by atoms with van der Waals surface area (Å²) < 4.78 is 71.9. The topological polar surface area (TPSA) is 0 Å². The van der Waals surface area contributed by atoms with E-state index >= 15 is 0 Å². The zero-order chi connectivity index (χ0) is 33.2. The maximum absolute atomic E-state index is 9.30. The van der Waals surface area contributed by atoms with Crippen molar-refractivity contribution in [2.45, 2.75) is 0 Å². The van der Waals surface area contributed by atoms with E-state index in [0.29, 0.717) is 22.3 Å². The average Bonchev–Trinajstić information content (AvgIpc) is 3.12. The van der Waals surface area contributed by atoms with Crippen LogP contribution in [0.15, 0.2) is 145 Å². The smallest absolute Gasteiger partial charge is 0.0622 e. The number of hydrogen-bond acceptors (Lipinski definition) is 0. The summed E-state index contributed by atoms with van der Waals surface area (Å²) in [5.41, 5.74) is 1.94. The van der Waals surface area contributed by atoms with Crippen molar-refractivity contribution in [2.24, 2.45) is 0 Å². The Kier molecular flexibility index (Phi) is 3.14. The molecule has 0 aromatic heterocycles. The summed E-state index contributed by atoms with van der Waals surface area (Å²) in [6, 6.07) is 29.0. The molecule has 0 heteroatoms. The van der Waals surface area contributed by atoms with Crippen LogP contribution in [0.2, 0.25) is 0 Å². The second kappa shape index (κ2) is 8.15. The van der Waals surface area contributed by atoms with E-state index in [-0.39, 0.29) is 45.7 Å². The van der Waals surface area contributed by atoms with Crippen molar-refractivity contribution in [1.82, 2.24) is 0 Å². The zero-order valence-corrected chi connectivity index (χ0v) is 21.2. The third kappa shape index (κ3) is 2.85. The minimum Gasteiger partial charge on any atom is -0.0622 e. The first kappa shape index (κ1) is 15.4. The van der Waals surface area contributed by atoms with Gasteiger partial charge in [-0.25, -0.2) is 0 Å². The molecule has 0 saturated carbocycles. The van der Waals surface area contributed by atoms with Gasteiger partial charge >= 0.3 is 0 Å².